The molecule has 2 heterocycles. The monoisotopic (exact) mass is 463 g/mol. The lowest BCUT2D eigenvalue weighted by Crippen LogP contribution is -2.30. The van der Waals surface area contributed by atoms with Gasteiger partial charge in [-0.15, -0.1) is 11.3 Å². The fourth-order valence-electron chi connectivity index (χ4n) is 3.77. The van der Waals surface area contributed by atoms with Crippen LogP contribution < -0.4 is 10.1 Å². The van der Waals surface area contributed by atoms with Gasteiger partial charge < -0.3 is 10.1 Å². The molecule has 8 heteroatoms. The Morgan fingerprint density at radius 3 is 2.33 bits per heavy atom. The average molecular weight is 464 g/mol. The van der Waals surface area contributed by atoms with Crippen LogP contribution in [0, 0.1) is 0 Å². The molecule has 0 saturated heterocycles. The van der Waals surface area contributed by atoms with Crippen molar-refractivity contribution in [1.82, 2.24) is 9.88 Å². The number of aromatic nitrogens is 1. The molecule has 0 aliphatic carbocycles. The first-order valence-electron chi connectivity index (χ1n) is 11.0. The van der Waals surface area contributed by atoms with E-state index in [-0.39, 0.29) is 17.7 Å². The van der Waals surface area contributed by atoms with Gasteiger partial charge in [-0.2, -0.15) is 0 Å². The van der Waals surface area contributed by atoms with Crippen molar-refractivity contribution in [3.05, 3.63) is 65.0 Å². The summed E-state index contributed by atoms with van der Waals surface area (Å²) in [5.74, 6) is 0.189. The largest absolute Gasteiger partial charge is 0.493 e. The van der Waals surface area contributed by atoms with Gasteiger partial charge in [0, 0.05) is 23.9 Å². The molecule has 170 valence electrons. The number of carbonyl (C=O) groups is 3. The number of rotatable bonds is 10. The summed E-state index contributed by atoms with van der Waals surface area (Å²) in [7, 11) is 0. The first-order valence-corrected chi connectivity index (χ1v) is 11.9. The lowest BCUT2D eigenvalue weighted by Gasteiger charge is -2.13. The molecule has 0 atom stereocenters. The molecule has 33 heavy (non-hydrogen) atoms. The molecule has 3 amide bonds. The van der Waals surface area contributed by atoms with Crippen LogP contribution in [-0.2, 0) is 4.79 Å². The third kappa shape index (κ3) is 5.12. The molecule has 0 fully saturated rings. The van der Waals surface area contributed by atoms with Crippen molar-refractivity contribution in [2.45, 2.75) is 32.6 Å². The number of imide groups is 1. The molecule has 4 rings (SSSR count). The number of nitrogens with zero attached hydrogens (tertiary/aromatic N) is 2. The van der Waals surface area contributed by atoms with Crippen molar-refractivity contribution in [3.8, 4) is 17.0 Å². The van der Waals surface area contributed by atoms with Gasteiger partial charge in [-0.3, -0.25) is 19.3 Å². The molecule has 0 radical (unpaired) electrons. The van der Waals surface area contributed by atoms with Gasteiger partial charge in [-0.05, 0) is 44.0 Å². The number of carbonyl (C=O) groups excluding carboxylic acids is 3. The lowest BCUT2D eigenvalue weighted by atomic mass is 10.1. The molecule has 1 aliphatic heterocycles. The third-order valence-corrected chi connectivity index (χ3v) is 6.13. The summed E-state index contributed by atoms with van der Waals surface area (Å²) in [4.78, 5) is 42.9. The Morgan fingerprint density at radius 2 is 1.64 bits per heavy atom. The Hall–Kier alpha value is -3.52. The van der Waals surface area contributed by atoms with E-state index in [9.17, 15) is 14.4 Å². The highest BCUT2D eigenvalue weighted by Crippen LogP contribution is 2.32. The highest BCUT2D eigenvalue weighted by atomic mass is 32.1. The second-order valence-electron chi connectivity index (χ2n) is 7.63. The molecule has 1 aromatic heterocycles. The van der Waals surface area contributed by atoms with E-state index in [2.05, 4.69) is 10.3 Å². The quantitative estimate of drug-likeness (QED) is 0.337. The van der Waals surface area contributed by atoms with E-state index in [0.717, 1.165) is 23.4 Å². The highest BCUT2D eigenvalue weighted by molar-refractivity contribution is 7.14. The summed E-state index contributed by atoms with van der Waals surface area (Å²) in [6.45, 7) is 2.87. The molecule has 0 spiro atoms. The summed E-state index contributed by atoms with van der Waals surface area (Å²) < 4.78 is 5.66. The van der Waals surface area contributed by atoms with Crippen LogP contribution >= 0.6 is 11.3 Å². The van der Waals surface area contributed by atoms with E-state index in [4.69, 9.17) is 4.74 Å². The Bertz CT molecular complexity index is 1140. The van der Waals surface area contributed by atoms with Gasteiger partial charge in [-0.1, -0.05) is 30.7 Å². The fourth-order valence-corrected chi connectivity index (χ4v) is 4.50. The van der Waals surface area contributed by atoms with E-state index in [1.807, 2.05) is 36.6 Å². The zero-order chi connectivity index (χ0) is 23.2. The van der Waals surface area contributed by atoms with Crippen molar-refractivity contribution in [3.63, 3.8) is 0 Å². The number of benzene rings is 2. The number of ether oxygens (including phenoxy) is 1. The standard InChI is InChI=1S/C25H25N3O4S/c1-2-32-21-13-8-7-12-19(21)20-16-33-25(26-20)27-22(29)14-4-3-9-15-28-23(30)17-10-5-6-11-18(17)24(28)31/h5-8,10-13,16H,2-4,9,14-15H2,1H3,(H,26,27,29). The first kappa shape index (κ1) is 22.7. The van der Waals surface area contributed by atoms with Gasteiger partial charge in [0.15, 0.2) is 5.13 Å². The summed E-state index contributed by atoms with van der Waals surface area (Å²) in [6, 6.07) is 14.6. The van der Waals surface area contributed by atoms with Crippen LogP contribution in [0.5, 0.6) is 5.75 Å². The average Bonchev–Trinajstić information content (AvgIpc) is 3.38. The van der Waals surface area contributed by atoms with Crippen LogP contribution in [0.1, 0.15) is 53.3 Å². The Morgan fingerprint density at radius 1 is 0.970 bits per heavy atom. The van der Waals surface area contributed by atoms with Gasteiger partial charge in [0.25, 0.3) is 11.8 Å². The molecular weight excluding hydrogens is 438 g/mol. The molecular formula is C25H25N3O4S. The topological polar surface area (TPSA) is 88.6 Å². The second kappa shape index (κ2) is 10.4. The minimum atomic E-state index is -0.237. The van der Waals surface area contributed by atoms with Crippen LogP contribution in [-0.4, -0.2) is 40.8 Å². The van der Waals surface area contributed by atoms with Crippen LogP contribution in [0.15, 0.2) is 53.9 Å². The SMILES string of the molecule is CCOc1ccccc1-c1csc(NC(=O)CCCCCN2C(=O)c3ccccc3C2=O)n1. The number of nitrogens with one attached hydrogen (secondary N) is 1. The summed E-state index contributed by atoms with van der Waals surface area (Å²) >= 11 is 1.37. The predicted molar refractivity (Wildman–Crippen MR) is 128 cm³/mol. The van der Waals surface area contributed by atoms with Crippen molar-refractivity contribution in [2.75, 3.05) is 18.5 Å². The molecule has 0 saturated carbocycles. The Balaban J connectivity index is 1.21. The zero-order valence-electron chi connectivity index (χ0n) is 18.4. The smallest absolute Gasteiger partial charge is 0.261 e. The molecule has 1 aliphatic rings. The van der Waals surface area contributed by atoms with Gasteiger partial charge in [0.05, 0.1) is 23.4 Å². The van der Waals surface area contributed by atoms with E-state index in [0.29, 0.717) is 48.7 Å². The van der Waals surface area contributed by atoms with Crippen LogP contribution in [0.4, 0.5) is 5.13 Å². The second-order valence-corrected chi connectivity index (χ2v) is 8.49. The normalized spacial score (nSPS) is 12.7. The number of unbranched alkanes of at least 4 members (excludes halogenated alkanes) is 2. The molecule has 2 aromatic carbocycles. The number of amides is 3. The van der Waals surface area contributed by atoms with E-state index in [1.165, 1.54) is 16.2 Å². The number of hydrogen-bond acceptors (Lipinski definition) is 6. The third-order valence-electron chi connectivity index (χ3n) is 5.38. The zero-order valence-corrected chi connectivity index (χ0v) is 19.2. The number of para-hydroxylation sites is 1. The minimum Gasteiger partial charge on any atom is -0.493 e. The van der Waals surface area contributed by atoms with Gasteiger partial charge >= 0.3 is 0 Å². The van der Waals surface area contributed by atoms with Crippen molar-refractivity contribution in [1.29, 1.82) is 0 Å². The molecule has 3 aromatic rings. The Kier molecular flexibility index (Phi) is 7.14. The maximum absolute atomic E-state index is 12.4. The van der Waals surface area contributed by atoms with Crippen LogP contribution in [0.25, 0.3) is 11.3 Å². The molecule has 0 unspecified atom stereocenters. The fraction of sp³-hybridized carbons (Fsp3) is 0.280. The number of anilines is 1. The summed E-state index contributed by atoms with van der Waals surface area (Å²) in [5.41, 5.74) is 2.59. The van der Waals surface area contributed by atoms with Crippen molar-refractivity contribution < 1.29 is 19.1 Å². The molecule has 0 bridgehead atoms. The van der Waals surface area contributed by atoms with Crippen molar-refractivity contribution >= 4 is 34.2 Å². The number of thiazole rings is 1. The van der Waals surface area contributed by atoms with E-state index in [1.54, 1.807) is 24.3 Å². The summed E-state index contributed by atoms with van der Waals surface area (Å²) in [6.07, 6.45) is 2.42. The number of hydrogen-bond donors (Lipinski definition) is 1. The summed E-state index contributed by atoms with van der Waals surface area (Å²) in [5, 5.41) is 5.30. The Labute approximate surface area is 196 Å². The van der Waals surface area contributed by atoms with E-state index < -0.39 is 0 Å². The molecule has 1 N–H and O–H groups in total. The van der Waals surface area contributed by atoms with Crippen molar-refractivity contribution in [2.24, 2.45) is 0 Å². The van der Waals surface area contributed by atoms with Crippen LogP contribution in [0.3, 0.4) is 0 Å². The van der Waals surface area contributed by atoms with Gasteiger partial charge in [-0.25, -0.2) is 4.98 Å². The predicted octanol–water partition coefficient (Wildman–Crippen LogP) is 5.00. The maximum atomic E-state index is 12.4. The number of fused-ring (bicyclic) bond motifs is 1. The van der Waals surface area contributed by atoms with Gasteiger partial charge in [0.2, 0.25) is 5.91 Å². The van der Waals surface area contributed by atoms with E-state index >= 15 is 0 Å². The van der Waals surface area contributed by atoms with Gasteiger partial charge in [0.1, 0.15) is 5.75 Å². The lowest BCUT2D eigenvalue weighted by molar-refractivity contribution is -0.116. The van der Waals surface area contributed by atoms with Crippen LogP contribution in [0.2, 0.25) is 0 Å². The molecule has 7 nitrogen and oxygen atoms in total. The maximum Gasteiger partial charge on any atom is 0.261 e. The first-order chi connectivity index (χ1) is 16.1. The highest BCUT2D eigenvalue weighted by Gasteiger charge is 2.34. The minimum absolute atomic E-state index is 0.102.